The van der Waals surface area contributed by atoms with E-state index in [0.717, 1.165) is 0 Å². The monoisotopic (exact) mass is 381 g/mol. The third-order valence-corrected chi connectivity index (χ3v) is 6.99. The zero-order valence-electron chi connectivity index (χ0n) is 14.8. The number of hydrogen-bond acceptors (Lipinski definition) is 5. The number of rotatable bonds is 6. The quantitative estimate of drug-likeness (QED) is 0.832. The van der Waals surface area contributed by atoms with E-state index in [9.17, 15) is 13.2 Å². The number of hydrogen-bond donors (Lipinski definition) is 1. The number of carbonyl (C=O) groups is 1. The van der Waals surface area contributed by atoms with E-state index in [2.05, 4.69) is 5.32 Å². The van der Waals surface area contributed by atoms with Gasteiger partial charge in [-0.05, 0) is 35.7 Å². The maximum atomic E-state index is 13.1. The molecule has 0 bridgehead atoms. The second kappa shape index (κ2) is 7.58. The molecule has 0 spiro atoms. The summed E-state index contributed by atoms with van der Waals surface area (Å²) in [7, 11) is -2.12. The fourth-order valence-electron chi connectivity index (χ4n) is 2.22. The van der Waals surface area contributed by atoms with Gasteiger partial charge in [-0.2, -0.15) is 0 Å². The van der Waals surface area contributed by atoms with Gasteiger partial charge in [-0.15, -0.1) is 11.3 Å². The molecule has 136 valence electrons. The summed E-state index contributed by atoms with van der Waals surface area (Å²) in [6.07, 6.45) is 0. The lowest BCUT2D eigenvalue weighted by Crippen LogP contribution is -2.38. The Labute approximate surface area is 152 Å². The molecule has 1 unspecified atom stereocenters. The molecule has 0 radical (unpaired) electrons. The van der Waals surface area contributed by atoms with Crippen LogP contribution in [-0.2, 0) is 14.6 Å². The van der Waals surface area contributed by atoms with Gasteiger partial charge < -0.3 is 10.1 Å². The van der Waals surface area contributed by atoms with Crippen molar-refractivity contribution < 1.29 is 17.9 Å². The van der Waals surface area contributed by atoms with E-state index in [1.807, 2.05) is 11.4 Å². The summed E-state index contributed by atoms with van der Waals surface area (Å²) in [6, 6.07) is 9.88. The van der Waals surface area contributed by atoms with E-state index in [1.54, 1.807) is 39.0 Å². The van der Waals surface area contributed by atoms with Crippen molar-refractivity contribution in [2.75, 3.05) is 13.7 Å². The standard InChI is InChI=1S/C18H23NO4S2/c1-18(2,3)17(20)19-12-16(15-6-5-11-24-15)25(21,22)14-9-7-13(23-4)8-10-14/h5-11,16H,12H2,1-4H3,(H,19,20). The highest BCUT2D eigenvalue weighted by atomic mass is 32.2. The normalized spacial score (nSPS) is 13.3. The zero-order chi connectivity index (χ0) is 18.7. The van der Waals surface area contributed by atoms with Crippen LogP contribution in [0.25, 0.3) is 0 Å². The number of nitrogens with one attached hydrogen (secondary N) is 1. The molecular formula is C18H23NO4S2. The minimum absolute atomic E-state index is 0.0327. The van der Waals surface area contributed by atoms with Gasteiger partial charge in [-0.1, -0.05) is 26.8 Å². The SMILES string of the molecule is COc1ccc(S(=O)(=O)C(CNC(=O)C(C)(C)C)c2cccs2)cc1. The minimum atomic E-state index is -3.65. The second-order valence-corrected chi connectivity index (χ2v) is 9.79. The van der Waals surface area contributed by atoms with E-state index in [-0.39, 0.29) is 17.3 Å². The van der Waals surface area contributed by atoms with Crippen LogP contribution in [0.3, 0.4) is 0 Å². The molecule has 0 aliphatic carbocycles. The highest BCUT2D eigenvalue weighted by Gasteiger charge is 2.32. The van der Waals surface area contributed by atoms with Crippen molar-refractivity contribution >= 4 is 27.1 Å². The molecule has 25 heavy (non-hydrogen) atoms. The lowest BCUT2D eigenvalue weighted by Gasteiger charge is -2.22. The van der Waals surface area contributed by atoms with Crippen LogP contribution in [0, 0.1) is 5.41 Å². The van der Waals surface area contributed by atoms with Crippen molar-refractivity contribution in [3.8, 4) is 5.75 Å². The topological polar surface area (TPSA) is 72.5 Å². The second-order valence-electron chi connectivity index (χ2n) is 6.68. The Morgan fingerprint density at radius 1 is 1.20 bits per heavy atom. The molecule has 2 aromatic rings. The average molecular weight is 382 g/mol. The molecule has 1 atom stereocenters. The van der Waals surface area contributed by atoms with Gasteiger partial charge in [-0.25, -0.2) is 8.42 Å². The summed E-state index contributed by atoms with van der Waals surface area (Å²) in [5.41, 5.74) is -0.579. The molecule has 2 rings (SSSR count). The molecule has 0 saturated heterocycles. The molecule has 1 aromatic carbocycles. The van der Waals surface area contributed by atoms with Gasteiger partial charge >= 0.3 is 0 Å². The highest BCUT2D eigenvalue weighted by molar-refractivity contribution is 7.91. The van der Waals surface area contributed by atoms with Crippen molar-refractivity contribution in [2.45, 2.75) is 30.9 Å². The van der Waals surface area contributed by atoms with Gasteiger partial charge in [0.05, 0.1) is 12.0 Å². The number of methoxy groups -OCH3 is 1. The molecule has 1 N–H and O–H groups in total. The van der Waals surface area contributed by atoms with Crippen LogP contribution in [0.2, 0.25) is 0 Å². The van der Waals surface area contributed by atoms with Gasteiger partial charge in [-0.3, -0.25) is 4.79 Å². The Hall–Kier alpha value is -1.86. The molecular weight excluding hydrogens is 358 g/mol. The number of benzene rings is 1. The molecule has 5 nitrogen and oxygen atoms in total. The van der Waals surface area contributed by atoms with Crippen LogP contribution in [0.4, 0.5) is 0 Å². The van der Waals surface area contributed by atoms with Crippen LogP contribution in [0.15, 0.2) is 46.7 Å². The number of ether oxygens (including phenoxy) is 1. The number of sulfone groups is 1. The van der Waals surface area contributed by atoms with Gasteiger partial charge in [0.1, 0.15) is 11.0 Å². The van der Waals surface area contributed by atoms with E-state index >= 15 is 0 Å². The maximum absolute atomic E-state index is 13.1. The van der Waals surface area contributed by atoms with Crippen molar-refractivity contribution in [3.05, 3.63) is 46.7 Å². The van der Waals surface area contributed by atoms with Crippen molar-refractivity contribution in [2.24, 2.45) is 5.41 Å². The summed E-state index contributed by atoms with van der Waals surface area (Å²) >= 11 is 1.36. The fraction of sp³-hybridized carbons (Fsp3) is 0.389. The van der Waals surface area contributed by atoms with Gasteiger partial charge in [0.15, 0.2) is 9.84 Å². The third-order valence-electron chi connectivity index (χ3n) is 3.75. The summed E-state index contributed by atoms with van der Waals surface area (Å²) in [5.74, 6) is 0.409. The van der Waals surface area contributed by atoms with E-state index in [0.29, 0.717) is 10.6 Å². The molecule has 0 saturated carbocycles. The fourth-order valence-corrected chi connectivity index (χ4v) is 5.00. The van der Waals surface area contributed by atoms with Crippen LogP contribution < -0.4 is 10.1 Å². The third kappa shape index (κ3) is 4.61. The molecule has 0 aliphatic heterocycles. The van der Waals surface area contributed by atoms with E-state index in [1.165, 1.54) is 30.6 Å². The summed E-state index contributed by atoms with van der Waals surface area (Å²) in [6.45, 7) is 5.41. The van der Waals surface area contributed by atoms with Crippen molar-refractivity contribution in [3.63, 3.8) is 0 Å². The Bertz CT molecular complexity index is 804. The number of carbonyl (C=O) groups excluding carboxylic acids is 1. The average Bonchev–Trinajstić information content (AvgIpc) is 3.08. The first-order valence-electron chi connectivity index (χ1n) is 7.86. The van der Waals surface area contributed by atoms with Gasteiger partial charge in [0.2, 0.25) is 5.91 Å². The lowest BCUT2D eigenvalue weighted by atomic mass is 9.96. The highest BCUT2D eigenvalue weighted by Crippen LogP contribution is 2.32. The van der Waals surface area contributed by atoms with Crippen LogP contribution in [0.5, 0.6) is 5.75 Å². The Morgan fingerprint density at radius 3 is 2.32 bits per heavy atom. The molecule has 1 heterocycles. The predicted octanol–water partition coefficient (Wildman–Crippen LogP) is 3.43. The Morgan fingerprint density at radius 2 is 1.84 bits per heavy atom. The lowest BCUT2D eigenvalue weighted by molar-refractivity contribution is -0.128. The van der Waals surface area contributed by atoms with E-state index in [4.69, 9.17) is 4.74 Å². The van der Waals surface area contributed by atoms with Gasteiger partial charge in [0, 0.05) is 16.8 Å². The first-order chi connectivity index (χ1) is 11.7. The smallest absolute Gasteiger partial charge is 0.225 e. The summed E-state index contributed by atoms with van der Waals surface area (Å²) in [5, 5.41) is 3.78. The summed E-state index contributed by atoms with van der Waals surface area (Å²) < 4.78 is 31.3. The zero-order valence-corrected chi connectivity index (χ0v) is 16.4. The molecule has 1 aromatic heterocycles. The Balaban J connectivity index is 2.32. The molecule has 1 amide bonds. The molecule has 7 heteroatoms. The first kappa shape index (κ1) is 19.5. The predicted molar refractivity (Wildman–Crippen MR) is 99.7 cm³/mol. The van der Waals surface area contributed by atoms with Crippen LogP contribution in [0.1, 0.15) is 30.9 Å². The molecule has 0 aliphatic rings. The summed E-state index contributed by atoms with van der Waals surface area (Å²) in [4.78, 5) is 13.1. The van der Waals surface area contributed by atoms with Gasteiger partial charge in [0.25, 0.3) is 0 Å². The van der Waals surface area contributed by atoms with Crippen molar-refractivity contribution in [1.29, 1.82) is 0 Å². The maximum Gasteiger partial charge on any atom is 0.225 e. The molecule has 0 fully saturated rings. The van der Waals surface area contributed by atoms with Crippen LogP contribution in [-0.4, -0.2) is 28.0 Å². The largest absolute Gasteiger partial charge is 0.497 e. The first-order valence-corrected chi connectivity index (χ1v) is 10.3. The van der Waals surface area contributed by atoms with Crippen molar-refractivity contribution in [1.82, 2.24) is 5.32 Å². The van der Waals surface area contributed by atoms with E-state index < -0.39 is 20.5 Å². The Kier molecular flexibility index (Phi) is 5.90. The van der Waals surface area contributed by atoms with Crippen LogP contribution >= 0.6 is 11.3 Å². The number of amides is 1. The number of thiophene rings is 1. The minimum Gasteiger partial charge on any atom is -0.497 e.